The molecule has 0 radical (unpaired) electrons. The molecule has 0 atom stereocenters. The van der Waals surface area contributed by atoms with Crippen LogP contribution >= 0.6 is 0 Å². The average Bonchev–Trinajstić information content (AvgIpc) is 2.54. The van der Waals surface area contributed by atoms with Crippen LogP contribution in [-0.4, -0.2) is 31.9 Å². The molecule has 1 aromatic carbocycles. The molecule has 2 aromatic rings. The van der Waals surface area contributed by atoms with Crippen LogP contribution < -0.4 is 15.8 Å². The summed E-state index contributed by atoms with van der Waals surface area (Å²) in [4.78, 5) is 16.1. The number of hydrogen-bond donors (Lipinski definition) is 3. The summed E-state index contributed by atoms with van der Waals surface area (Å²) in [6.45, 7) is 4.41. The van der Waals surface area contributed by atoms with Gasteiger partial charge in [-0.1, -0.05) is 12.1 Å². The molecule has 1 heterocycles. The minimum atomic E-state index is -3.67. The number of benzene rings is 1. The van der Waals surface area contributed by atoms with E-state index in [0.717, 1.165) is 11.3 Å². The number of pyridine rings is 1. The third kappa shape index (κ3) is 5.84. The van der Waals surface area contributed by atoms with Crippen molar-refractivity contribution in [2.75, 3.05) is 11.9 Å². The molecular weight excluding hydrogens is 340 g/mol. The largest absolute Gasteiger partial charge is 0.383 e. The van der Waals surface area contributed by atoms with E-state index in [-0.39, 0.29) is 16.8 Å². The molecule has 0 aliphatic carbocycles. The van der Waals surface area contributed by atoms with E-state index in [1.807, 2.05) is 13.8 Å². The fraction of sp³-hybridized carbons (Fsp3) is 0.294. The number of nitrogens with two attached hydrogens (primary N) is 1. The van der Waals surface area contributed by atoms with Crippen molar-refractivity contribution in [3.05, 3.63) is 53.9 Å². The van der Waals surface area contributed by atoms with E-state index in [1.165, 1.54) is 18.3 Å². The zero-order valence-electron chi connectivity index (χ0n) is 14.2. The van der Waals surface area contributed by atoms with Gasteiger partial charge in [-0.25, -0.2) is 13.6 Å². The first-order chi connectivity index (χ1) is 11.8. The Hall–Kier alpha value is -2.45. The second kappa shape index (κ2) is 8.09. The maximum atomic E-state index is 12.0. The molecule has 1 amide bonds. The van der Waals surface area contributed by atoms with Crippen LogP contribution in [-0.2, 0) is 16.4 Å². The number of rotatable bonds is 7. The van der Waals surface area contributed by atoms with Gasteiger partial charge in [-0.15, -0.1) is 0 Å². The predicted octanol–water partition coefficient (Wildman–Crippen LogP) is 1.52. The van der Waals surface area contributed by atoms with Crippen molar-refractivity contribution in [1.29, 1.82) is 0 Å². The molecule has 4 N–H and O–H groups in total. The molecular formula is C17H22N4O3S. The van der Waals surface area contributed by atoms with Gasteiger partial charge in [0.05, 0.1) is 16.1 Å². The first-order valence-electron chi connectivity index (χ1n) is 7.87. The number of carbonyl (C=O) groups excluding carboxylic acids is 1. The molecule has 8 heteroatoms. The monoisotopic (exact) mass is 362 g/mol. The highest BCUT2D eigenvalue weighted by molar-refractivity contribution is 7.89. The molecule has 0 aliphatic rings. The number of sulfonamides is 1. The number of nitrogens with one attached hydrogen (secondary N) is 2. The maximum absolute atomic E-state index is 12.0. The van der Waals surface area contributed by atoms with Gasteiger partial charge in [0, 0.05) is 25.0 Å². The quantitative estimate of drug-likeness (QED) is 0.691. The summed E-state index contributed by atoms with van der Waals surface area (Å²) in [5.74, 6) is -0.162. The number of aromatic nitrogens is 1. The Morgan fingerprint density at radius 1 is 1.20 bits per heavy atom. The Balaban J connectivity index is 1.92. The smallest absolute Gasteiger partial charge is 0.253 e. The van der Waals surface area contributed by atoms with Gasteiger partial charge >= 0.3 is 0 Å². The summed E-state index contributed by atoms with van der Waals surface area (Å²) in [5.41, 5.74) is 2.22. The Labute approximate surface area is 147 Å². The number of anilines is 1. The Bertz CT molecular complexity index is 833. The molecule has 2 rings (SSSR count). The van der Waals surface area contributed by atoms with Gasteiger partial charge in [-0.2, -0.15) is 0 Å². The molecule has 7 nitrogen and oxygen atoms in total. The second-order valence-corrected chi connectivity index (χ2v) is 7.52. The first kappa shape index (κ1) is 18.9. The van der Waals surface area contributed by atoms with Crippen LogP contribution in [0.15, 0.2) is 47.6 Å². The Morgan fingerprint density at radius 3 is 2.48 bits per heavy atom. The minimum absolute atomic E-state index is 0.0597. The number of amides is 1. The van der Waals surface area contributed by atoms with E-state index in [9.17, 15) is 13.2 Å². The van der Waals surface area contributed by atoms with Crippen LogP contribution in [0.25, 0.3) is 0 Å². The van der Waals surface area contributed by atoms with Crippen molar-refractivity contribution in [1.82, 2.24) is 10.3 Å². The van der Waals surface area contributed by atoms with Crippen LogP contribution in [0.2, 0.25) is 0 Å². The van der Waals surface area contributed by atoms with E-state index in [4.69, 9.17) is 5.14 Å². The van der Waals surface area contributed by atoms with E-state index >= 15 is 0 Å². The van der Waals surface area contributed by atoms with Crippen LogP contribution in [0.1, 0.15) is 29.8 Å². The van der Waals surface area contributed by atoms with Gasteiger partial charge in [0.2, 0.25) is 10.0 Å². The zero-order chi connectivity index (χ0) is 18.4. The molecule has 0 aliphatic heterocycles. The lowest BCUT2D eigenvalue weighted by atomic mass is 10.1. The lowest BCUT2D eigenvalue weighted by Crippen LogP contribution is -2.30. The lowest BCUT2D eigenvalue weighted by Gasteiger charge is -2.10. The number of carbonyl (C=O) groups is 1. The highest BCUT2D eigenvalue weighted by Gasteiger charge is 2.08. The van der Waals surface area contributed by atoms with Gasteiger partial charge in [-0.3, -0.25) is 9.78 Å². The van der Waals surface area contributed by atoms with Gasteiger partial charge < -0.3 is 10.6 Å². The summed E-state index contributed by atoms with van der Waals surface area (Å²) in [6.07, 6.45) is 3.86. The van der Waals surface area contributed by atoms with Crippen molar-refractivity contribution in [3.8, 4) is 0 Å². The highest BCUT2D eigenvalue weighted by Crippen LogP contribution is 2.11. The third-order valence-corrected chi connectivity index (χ3v) is 4.34. The normalized spacial score (nSPS) is 11.4. The van der Waals surface area contributed by atoms with Crippen molar-refractivity contribution in [2.24, 2.45) is 5.14 Å². The summed E-state index contributed by atoms with van der Waals surface area (Å²) in [6, 6.07) is 8.24. The fourth-order valence-corrected chi connectivity index (χ4v) is 2.72. The Morgan fingerprint density at radius 2 is 1.88 bits per heavy atom. The SMILES string of the molecule is CC(C)NC(=O)c1cncc(NCCc2ccc(S(N)(=O)=O)cc2)c1. The summed E-state index contributed by atoms with van der Waals surface area (Å²) >= 11 is 0. The van der Waals surface area contributed by atoms with E-state index in [1.54, 1.807) is 24.4 Å². The van der Waals surface area contributed by atoms with Gasteiger partial charge in [0.25, 0.3) is 5.91 Å². The number of hydrogen-bond acceptors (Lipinski definition) is 5. The van der Waals surface area contributed by atoms with Crippen LogP contribution in [0, 0.1) is 0 Å². The molecule has 0 unspecified atom stereocenters. The van der Waals surface area contributed by atoms with Crippen LogP contribution in [0.3, 0.4) is 0 Å². The van der Waals surface area contributed by atoms with Crippen molar-refractivity contribution in [3.63, 3.8) is 0 Å². The molecule has 0 saturated carbocycles. The molecule has 25 heavy (non-hydrogen) atoms. The summed E-state index contributed by atoms with van der Waals surface area (Å²) in [7, 11) is -3.67. The third-order valence-electron chi connectivity index (χ3n) is 3.41. The first-order valence-corrected chi connectivity index (χ1v) is 9.42. The summed E-state index contributed by atoms with van der Waals surface area (Å²) < 4.78 is 22.4. The molecule has 134 valence electrons. The molecule has 0 fully saturated rings. The molecule has 0 bridgehead atoms. The highest BCUT2D eigenvalue weighted by atomic mass is 32.2. The van der Waals surface area contributed by atoms with Gasteiger partial charge in [-0.05, 0) is 44.0 Å². The van der Waals surface area contributed by atoms with E-state index in [0.29, 0.717) is 18.5 Å². The average molecular weight is 362 g/mol. The van der Waals surface area contributed by atoms with Crippen molar-refractivity contribution >= 4 is 21.6 Å². The standard InChI is InChI=1S/C17H22N4O3S/c1-12(2)21-17(22)14-9-15(11-19-10-14)20-8-7-13-3-5-16(6-4-13)25(18,23)24/h3-6,9-12,20H,7-8H2,1-2H3,(H,21,22)(H2,18,23,24). The zero-order valence-corrected chi connectivity index (χ0v) is 15.0. The van der Waals surface area contributed by atoms with Crippen molar-refractivity contribution in [2.45, 2.75) is 31.2 Å². The van der Waals surface area contributed by atoms with Gasteiger partial charge in [0.1, 0.15) is 0 Å². The van der Waals surface area contributed by atoms with Crippen LogP contribution in [0.4, 0.5) is 5.69 Å². The number of nitrogens with zero attached hydrogens (tertiary/aromatic N) is 1. The van der Waals surface area contributed by atoms with E-state index in [2.05, 4.69) is 15.6 Å². The minimum Gasteiger partial charge on any atom is -0.383 e. The fourth-order valence-electron chi connectivity index (χ4n) is 2.20. The lowest BCUT2D eigenvalue weighted by molar-refractivity contribution is 0.0943. The van der Waals surface area contributed by atoms with Crippen molar-refractivity contribution < 1.29 is 13.2 Å². The summed E-state index contributed by atoms with van der Waals surface area (Å²) in [5, 5.41) is 11.1. The van der Waals surface area contributed by atoms with E-state index < -0.39 is 10.0 Å². The molecule has 0 saturated heterocycles. The Kier molecular flexibility index (Phi) is 6.11. The van der Waals surface area contributed by atoms with Crippen LogP contribution in [0.5, 0.6) is 0 Å². The second-order valence-electron chi connectivity index (χ2n) is 5.96. The molecule has 1 aromatic heterocycles. The topological polar surface area (TPSA) is 114 Å². The van der Waals surface area contributed by atoms with Gasteiger partial charge in [0.15, 0.2) is 0 Å². The maximum Gasteiger partial charge on any atom is 0.253 e. The molecule has 0 spiro atoms. The predicted molar refractivity (Wildman–Crippen MR) is 96.8 cm³/mol. The number of primary sulfonamides is 1.